The van der Waals surface area contributed by atoms with E-state index in [0.717, 1.165) is 31.7 Å². The number of aromatic nitrogens is 2. The lowest BCUT2D eigenvalue weighted by atomic mass is 9.97. The Morgan fingerprint density at radius 3 is 2.58 bits per heavy atom. The molecule has 2 aromatic rings. The highest BCUT2D eigenvalue weighted by molar-refractivity contribution is 5.92. The van der Waals surface area contributed by atoms with Crippen molar-refractivity contribution in [3.8, 4) is 0 Å². The van der Waals surface area contributed by atoms with Crippen LogP contribution in [0.25, 0.3) is 0 Å². The zero-order chi connectivity index (χ0) is 21.6. The van der Waals surface area contributed by atoms with E-state index in [1.807, 2.05) is 6.92 Å². The Balaban J connectivity index is 1.56. The second-order valence-electron chi connectivity index (χ2n) is 8.14. The lowest BCUT2D eigenvalue weighted by Gasteiger charge is -2.27. The maximum absolute atomic E-state index is 13.4. The molecule has 0 spiro atoms. The number of likely N-dealkylation sites (tertiary alicyclic amines) is 1. The van der Waals surface area contributed by atoms with Gasteiger partial charge < -0.3 is 19.9 Å². The fourth-order valence-corrected chi connectivity index (χ4v) is 4.12. The molecule has 1 amide bonds. The number of morpholine rings is 1. The summed E-state index contributed by atoms with van der Waals surface area (Å²) in [6.45, 7) is 8.17. The summed E-state index contributed by atoms with van der Waals surface area (Å²) in [5.74, 6) is 0.128. The number of carbonyl (C=O) groups excluding carboxylic acids is 1. The number of carbonyl (C=O) groups is 1. The van der Waals surface area contributed by atoms with E-state index in [1.54, 1.807) is 23.2 Å². The summed E-state index contributed by atoms with van der Waals surface area (Å²) in [5.41, 5.74) is 1.96. The fraction of sp³-hybridized carbons (Fsp3) is 0.522. The molecule has 1 aromatic heterocycles. The van der Waals surface area contributed by atoms with Crippen molar-refractivity contribution in [2.45, 2.75) is 25.7 Å². The molecule has 4 rings (SSSR count). The van der Waals surface area contributed by atoms with Gasteiger partial charge in [0.25, 0.3) is 5.91 Å². The van der Waals surface area contributed by atoms with Crippen molar-refractivity contribution < 1.29 is 13.9 Å². The number of rotatable bonds is 7. The van der Waals surface area contributed by atoms with Crippen molar-refractivity contribution in [2.75, 3.05) is 57.8 Å². The van der Waals surface area contributed by atoms with E-state index < -0.39 is 0 Å². The molecule has 0 saturated carbocycles. The Morgan fingerprint density at radius 1 is 1.16 bits per heavy atom. The Morgan fingerprint density at radius 2 is 1.87 bits per heavy atom. The Labute approximate surface area is 182 Å². The largest absolute Gasteiger partial charge is 0.378 e. The predicted octanol–water partition coefficient (Wildman–Crippen LogP) is 2.75. The van der Waals surface area contributed by atoms with E-state index in [4.69, 9.17) is 9.72 Å². The van der Waals surface area contributed by atoms with Crippen molar-refractivity contribution in [3.05, 3.63) is 53.2 Å². The molecule has 1 N–H and O–H groups in total. The molecule has 8 heteroatoms. The minimum Gasteiger partial charge on any atom is -0.378 e. The molecule has 2 aliphatic rings. The Bertz CT molecular complexity index is 880. The second kappa shape index (κ2) is 10.2. The maximum atomic E-state index is 13.4. The molecule has 2 saturated heterocycles. The van der Waals surface area contributed by atoms with Crippen LogP contribution in [0.2, 0.25) is 0 Å². The molecule has 1 aromatic carbocycles. The summed E-state index contributed by atoms with van der Waals surface area (Å²) in [4.78, 5) is 26.4. The van der Waals surface area contributed by atoms with Crippen LogP contribution in [0, 0.1) is 5.82 Å². The number of halogens is 1. The van der Waals surface area contributed by atoms with Gasteiger partial charge in [-0.05, 0) is 43.6 Å². The van der Waals surface area contributed by atoms with E-state index in [1.165, 1.54) is 25.0 Å². The van der Waals surface area contributed by atoms with Crippen LogP contribution in [0.15, 0.2) is 30.5 Å². The minimum atomic E-state index is -0.276. The first-order valence-corrected chi connectivity index (χ1v) is 11.1. The third-order valence-electron chi connectivity index (χ3n) is 6.02. The molecule has 31 heavy (non-hydrogen) atoms. The summed E-state index contributed by atoms with van der Waals surface area (Å²) in [7, 11) is 0. The van der Waals surface area contributed by atoms with E-state index in [-0.39, 0.29) is 17.6 Å². The first kappa shape index (κ1) is 21.6. The molecule has 166 valence electrons. The monoisotopic (exact) mass is 427 g/mol. The molecule has 1 atom stereocenters. The summed E-state index contributed by atoms with van der Waals surface area (Å²) < 4.78 is 18.8. The third-order valence-corrected chi connectivity index (χ3v) is 6.02. The molecular weight excluding hydrogens is 397 g/mol. The number of nitrogens with one attached hydrogen (secondary N) is 1. The van der Waals surface area contributed by atoms with Crippen LogP contribution in [0.1, 0.15) is 47.4 Å². The molecular formula is C23H30FN5O2. The zero-order valence-electron chi connectivity index (χ0n) is 18.0. The standard InChI is InChI=1S/C23H30FN5O2/c1-17(18-4-6-19(24)7-5-18)21-22(25-8-11-28-9-2-3-10-28)26-16-20(27-21)23(30)29-12-14-31-15-13-29/h4-7,16-17H,2-3,8-15H2,1H3,(H,25,26). The first-order chi connectivity index (χ1) is 15.1. The smallest absolute Gasteiger partial charge is 0.274 e. The molecule has 2 aliphatic heterocycles. The van der Waals surface area contributed by atoms with E-state index in [2.05, 4.69) is 15.2 Å². The van der Waals surface area contributed by atoms with E-state index >= 15 is 0 Å². The van der Waals surface area contributed by atoms with Gasteiger partial charge in [0.15, 0.2) is 0 Å². The number of benzene rings is 1. The van der Waals surface area contributed by atoms with Gasteiger partial charge in [-0.25, -0.2) is 14.4 Å². The predicted molar refractivity (Wildman–Crippen MR) is 117 cm³/mol. The molecule has 0 radical (unpaired) electrons. The molecule has 2 fully saturated rings. The van der Waals surface area contributed by atoms with Crippen molar-refractivity contribution in [1.29, 1.82) is 0 Å². The molecule has 7 nitrogen and oxygen atoms in total. The number of hydrogen-bond donors (Lipinski definition) is 1. The number of nitrogens with zero attached hydrogens (tertiary/aromatic N) is 4. The number of ether oxygens (including phenoxy) is 1. The maximum Gasteiger partial charge on any atom is 0.274 e. The average molecular weight is 428 g/mol. The van der Waals surface area contributed by atoms with Gasteiger partial charge in [-0.2, -0.15) is 0 Å². The Kier molecular flexibility index (Phi) is 7.09. The van der Waals surface area contributed by atoms with Crippen LogP contribution in [0.5, 0.6) is 0 Å². The molecule has 0 bridgehead atoms. The van der Waals surface area contributed by atoms with Gasteiger partial charge in [0.2, 0.25) is 0 Å². The van der Waals surface area contributed by atoms with Crippen molar-refractivity contribution >= 4 is 11.7 Å². The normalized spacial score (nSPS) is 18.2. The highest BCUT2D eigenvalue weighted by Crippen LogP contribution is 2.28. The van der Waals surface area contributed by atoms with Crippen molar-refractivity contribution in [3.63, 3.8) is 0 Å². The first-order valence-electron chi connectivity index (χ1n) is 11.1. The van der Waals surface area contributed by atoms with Crippen LogP contribution in [0.4, 0.5) is 10.2 Å². The number of anilines is 1. The molecule has 3 heterocycles. The van der Waals surface area contributed by atoms with Gasteiger partial charge in [-0.15, -0.1) is 0 Å². The van der Waals surface area contributed by atoms with Crippen LogP contribution in [0.3, 0.4) is 0 Å². The quantitative estimate of drug-likeness (QED) is 0.733. The summed E-state index contributed by atoms with van der Waals surface area (Å²) in [6.07, 6.45) is 4.06. The van der Waals surface area contributed by atoms with Gasteiger partial charge in [-0.1, -0.05) is 19.1 Å². The van der Waals surface area contributed by atoms with Crippen molar-refractivity contribution in [2.24, 2.45) is 0 Å². The zero-order valence-corrected chi connectivity index (χ0v) is 18.0. The highest BCUT2D eigenvalue weighted by atomic mass is 19.1. The molecule has 0 aliphatic carbocycles. The highest BCUT2D eigenvalue weighted by Gasteiger charge is 2.24. The number of hydrogen-bond acceptors (Lipinski definition) is 6. The van der Waals surface area contributed by atoms with Gasteiger partial charge in [0.05, 0.1) is 25.1 Å². The minimum absolute atomic E-state index is 0.132. The number of amides is 1. The SMILES string of the molecule is CC(c1ccc(F)cc1)c1nc(C(=O)N2CCOCC2)cnc1NCCN1CCCC1. The van der Waals surface area contributed by atoms with Crippen LogP contribution < -0.4 is 5.32 Å². The van der Waals surface area contributed by atoms with Gasteiger partial charge >= 0.3 is 0 Å². The molecule has 1 unspecified atom stereocenters. The third kappa shape index (κ3) is 5.37. The van der Waals surface area contributed by atoms with E-state index in [9.17, 15) is 9.18 Å². The summed E-state index contributed by atoms with van der Waals surface area (Å²) >= 11 is 0. The average Bonchev–Trinajstić information content (AvgIpc) is 3.33. The Hall–Kier alpha value is -2.58. The van der Waals surface area contributed by atoms with E-state index in [0.29, 0.717) is 43.5 Å². The van der Waals surface area contributed by atoms with Crippen LogP contribution in [-0.2, 0) is 4.74 Å². The fourth-order valence-electron chi connectivity index (χ4n) is 4.12. The van der Waals surface area contributed by atoms with Crippen molar-refractivity contribution in [1.82, 2.24) is 19.8 Å². The summed E-state index contributed by atoms with van der Waals surface area (Å²) in [5, 5.41) is 3.41. The van der Waals surface area contributed by atoms with Crippen LogP contribution >= 0.6 is 0 Å². The van der Waals surface area contributed by atoms with Gasteiger partial charge in [0.1, 0.15) is 17.3 Å². The van der Waals surface area contributed by atoms with Gasteiger partial charge in [-0.3, -0.25) is 4.79 Å². The second-order valence-corrected chi connectivity index (χ2v) is 8.14. The lowest BCUT2D eigenvalue weighted by molar-refractivity contribution is 0.0298. The topological polar surface area (TPSA) is 70.6 Å². The van der Waals surface area contributed by atoms with Crippen LogP contribution in [-0.4, -0.2) is 78.2 Å². The van der Waals surface area contributed by atoms with Gasteiger partial charge in [0, 0.05) is 32.1 Å². The summed E-state index contributed by atoms with van der Waals surface area (Å²) in [6, 6.07) is 6.41. The lowest BCUT2D eigenvalue weighted by Crippen LogP contribution is -2.41.